The van der Waals surface area contributed by atoms with Gasteiger partial charge in [-0.05, 0) is 158 Å². The van der Waals surface area contributed by atoms with Crippen LogP contribution >= 0.6 is 15.9 Å². The van der Waals surface area contributed by atoms with Crippen molar-refractivity contribution in [2.75, 3.05) is 19.6 Å². The van der Waals surface area contributed by atoms with E-state index in [4.69, 9.17) is 38.2 Å². The Balaban J connectivity index is -0.00000734. The molecule has 3 unspecified atom stereocenters. The summed E-state index contributed by atoms with van der Waals surface area (Å²) >= 11 is 3.44. The highest BCUT2D eigenvalue weighted by Gasteiger charge is 2.34. The van der Waals surface area contributed by atoms with Crippen LogP contribution in [0.3, 0.4) is 0 Å². The maximum absolute atomic E-state index is 14.1. The van der Waals surface area contributed by atoms with Crippen LogP contribution in [0.2, 0.25) is 0 Å². The average molecular weight is 1290 g/mol. The molecule has 0 spiro atoms. The van der Waals surface area contributed by atoms with E-state index in [9.17, 15) is 38.4 Å². The van der Waals surface area contributed by atoms with Crippen LogP contribution in [0.4, 0.5) is 4.79 Å². The summed E-state index contributed by atoms with van der Waals surface area (Å²) in [5.74, 6) is -3.16. The molecule has 0 aliphatic heterocycles. The number of esters is 1. The summed E-state index contributed by atoms with van der Waals surface area (Å²) in [5, 5.41) is 14.8. The number of carbonyl (C=O) groups excluding carboxylic acids is 14. The van der Waals surface area contributed by atoms with E-state index in [0.29, 0.717) is 90.3 Å². The van der Waals surface area contributed by atoms with Gasteiger partial charge in [0.2, 0.25) is 23.6 Å². The minimum atomic E-state index is -1.20. The van der Waals surface area contributed by atoms with Crippen molar-refractivity contribution in [1.82, 2.24) is 26.6 Å². The zero-order valence-corrected chi connectivity index (χ0v) is 56.6. The topological polar surface area (TPSA) is 318 Å². The van der Waals surface area contributed by atoms with Crippen molar-refractivity contribution in [1.29, 1.82) is 0 Å². The third-order valence-corrected chi connectivity index (χ3v) is 14.2. The van der Waals surface area contributed by atoms with Gasteiger partial charge in [-0.25, -0.2) is 9.59 Å². The number of alkyl carbamates (subject to hydrolysis) is 1. The third-order valence-electron chi connectivity index (χ3n) is 13.6. The number of Topliss-reactive ketones (excluding diaryl/α,β-unsaturated/α-hetero) is 2. The molecule has 21 nitrogen and oxygen atoms in total. The van der Waals surface area contributed by atoms with Gasteiger partial charge in [0.25, 0.3) is 5.78 Å². The van der Waals surface area contributed by atoms with E-state index in [1.807, 2.05) is 24.3 Å². The van der Waals surface area contributed by atoms with Gasteiger partial charge in [-0.15, -0.1) is 0 Å². The molecule has 5 N–H and O–H groups in total. The van der Waals surface area contributed by atoms with E-state index >= 15 is 0 Å². The number of hydrogen-bond donors (Lipinski definition) is 5. The molecule has 1 rings (SSSR count). The quantitative estimate of drug-likeness (QED) is 0.0237. The van der Waals surface area contributed by atoms with E-state index in [2.05, 4.69) is 105 Å². The number of ketones is 2. The smallest absolute Gasteiger partial charge is 0.407 e. The molecule has 22 heteroatoms. The van der Waals surface area contributed by atoms with Gasteiger partial charge in [0.1, 0.15) is 17.0 Å². The van der Waals surface area contributed by atoms with Crippen LogP contribution in [0.15, 0.2) is 28.7 Å². The maximum Gasteiger partial charge on any atom is 0.407 e. The van der Waals surface area contributed by atoms with Crippen LogP contribution in [0.1, 0.15) is 238 Å². The predicted octanol–water partition coefficient (Wildman–Crippen LogP) is 10.6. The van der Waals surface area contributed by atoms with Gasteiger partial charge in [-0.2, -0.15) is 28.8 Å². The zero-order valence-electron chi connectivity index (χ0n) is 55.0. The molecule has 0 aromatic heterocycles. The van der Waals surface area contributed by atoms with Gasteiger partial charge in [-0.1, -0.05) is 116 Å². The molecular weight excluding hydrogens is 1190 g/mol. The highest BCUT2D eigenvalue weighted by Crippen LogP contribution is 2.36. The van der Waals surface area contributed by atoms with Crippen molar-refractivity contribution in [3.05, 3.63) is 34.3 Å². The van der Waals surface area contributed by atoms with Crippen molar-refractivity contribution in [3.63, 3.8) is 0 Å². The number of ether oxygens (including phenoxy) is 2. The summed E-state index contributed by atoms with van der Waals surface area (Å²) in [6.07, 6.45) is 11.9. The summed E-state index contributed by atoms with van der Waals surface area (Å²) in [5.41, 5.74) is -0.468. The predicted molar refractivity (Wildman–Crippen MR) is 331 cm³/mol. The molecule has 0 aliphatic carbocycles. The van der Waals surface area contributed by atoms with Crippen molar-refractivity contribution < 1.29 is 76.6 Å². The molecule has 1 aromatic carbocycles. The van der Waals surface area contributed by atoms with Crippen LogP contribution in [-0.2, 0) is 78.2 Å². The number of hydrogen-bond acceptors (Lipinski definition) is 16. The highest BCUT2D eigenvalue weighted by molar-refractivity contribution is 9.10. The Labute approximate surface area is 526 Å². The Morgan fingerprint density at radius 1 is 0.494 bits per heavy atom. The van der Waals surface area contributed by atoms with E-state index in [0.717, 1.165) is 55.0 Å². The first-order valence-corrected chi connectivity index (χ1v) is 31.2. The van der Waals surface area contributed by atoms with E-state index in [1.54, 1.807) is 41.5 Å². The molecule has 0 aliphatic rings. The first kappa shape index (κ1) is 85.0. The largest absolute Gasteiger partial charge is 0.454 e. The molecule has 0 fully saturated rings. The fourth-order valence-corrected chi connectivity index (χ4v) is 9.13. The molecule has 494 valence electrons. The Kier molecular flexibility index (Phi) is 44.9. The summed E-state index contributed by atoms with van der Waals surface area (Å²) < 4.78 is 11.7. The minimum Gasteiger partial charge on any atom is -0.454 e. The fourth-order valence-electron chi connectivity index (χ4n) is 8.86. The molecular formula is C65H106BrN5O16. The molecule has 0 heterocycles. The second kappa shape index (κ2) is 46.0. The number of nitrogens with one attached hydrogen (secondary N) is 5. The number of benzene rings is 1. The van der Waals surface area contributed by atoms with Gasteiger partial charge < -0.3 is 36.1 Å². The fraction of sp³-hybridized carbons (Fsp3) is 0.738. The van der Waals surface area contributed by atoms with Gasteiger partial charge >= 0.3 is 30.5 Å². The summed E-state index contributed by atoms with van der Waals surface area (Å²) in [6, 6.07) is 6.65. The first-order chi connectivity index (χ1) is 40.3. The lowest BCUT2D eigenvalue weighted by molar-refractivity contribution is -0.193. The lowest BCUT2D eigenvalue weighted by Gasteiger charge is -2.35. The zero-order chi connectivity index (χ0) is 67.5. The summed E-state index contributed by atoms with van der Waals surface area (Å²) in [7, 11) is 0. The van der Waals surface area contributed by atoms with Crippen molar-refractivity contribution in [2.45, 2.75) is 262 Å². The van der Waals surface area contributed by atoms with E-state index < -0.39 is 46.9 Å². The maximum atomic E-state index is 14.1. The van der Waals surface area contributed by atoms with Crippen LogP contribution in [0.25, 0.3) is 0 Å². The van der Waals surface area contributed by atoms with Crippen LogP contribution in [-0.4, -0.2) is 109 Å². The summed E-state index contributed by atoms with van der Waals surface area (Å²) in [4.78, 5) is 154. The second-order valence-corrected chi connectivity index (χ2v) is 28.0. The van der Waals surface area contributed by atoms with Crippen molar-refractivity contribution >= 4 is 81.6 Å². The monoisotopic (exact) mass is 1290 g/mol. The molecule has 0 saturated heterocycles. The number of aryl methyl sites for hydroxylation is 1. The number of unbranched alkanes of at least 4 members (excludes halogenated alkanes) is 6. The van der Waals surface area contributed by atoms with Gasteiger partial charge in [0.05, 0.1) is 6.04 Å². The van der Waals surface area contributed by atoms with Gasteiger partial charge in [0, 0.05) is 68.2 Å². The Bertz CT molecular complexity index is 2280. The first-order valence-electron chi connectivity index (χ1n) is 30.4. The molecule has 5 amide bonds. The number of amides is 5. The molecule has 87 heavy (non-hydrogen) atoms. The van der Waals surface area contributed by atoms with Gasteiger partial charge in [0.15, 0.2) is 0 Å². The third kappa shape index (κ3) is 50.5. The molecule has 0 radical (unpaired) electrons. The molecule has 4 atom stereocenters. The second-order valence-electron chi connectivity index (χ2n) is 27.1. The van der Waals surface area contributed by atoms with Crippen LogP contribution in [0, 0.1) is 28.1 Å². The Morgan fingerprint density at radius 2 is 0.977 bits per heavy atom. The molecule has 0 bridgehead atoms. The van der Waals surface area contributed by atoms with Gasteiger partial charge in [-0.3, -0.25) is 28.8 Å². The summed E-state index contributed by atoms with van der Waals surface area (Å²) in [6.45, 7) is 31.1. The average Bonchev–Trinajstić information content (AvgIpc) is 3.57. The molecule has 0 saturated carbocycles. The number of carbonyl (C=O) groups is 8. The van der Waals surface area contributed by atoms with E-state index in [-0.39, 0.29) is 89.4 Å². The number of halogens is 1. The standard InChI is InChI=1S/C62H106BrN5O10.3CO2/c1-58(2,3)38-37-46(59(4,5)6)43-53(72)68-50(60(7,8)9)35-36-52(71)65-39-22-18-16-17-19-28-48(69)42-45(27-20-23-41-66-57(76)78-62(13,14)15)55(74)67-49(54(73)56(75)77-61(10,11)12)29-21-24-40-64-51(70)30-25-26-44-31-33-47(63)34-32-44;3*2-1-3/h31-34,45-46,49-50H,16-30,35-43H2,1-15H3,(H,64,70)(H,65,71)(H,66,76)(H,67,74)(H,68,72);;;/t45?,46?,49-,50?;;;/m0.../s1. The lowest BCUT2D eigenvalue weighted by Crippen LogP contribution is -2.48. The van der Waals surface area contributed by atoms with Crippen LogP contribution in [0.5, 0.6) is 0 Å². The lowest BCUT2D eigenvalue weighted by atomic mass is 9.73. The van der Waals surface area contributed by atoms with E-state index in [1.165, 1.54) is 0 Å². The number of rotatable bonds is 36. The van der Waals surface area contributed by atoms with Crippen molar-refractivity contribution in [3.8, 4) is 0 Å². The Hall–Kier alpha value is -6.20. The minimum absolute atomic E-state index is 0.00345. The normalized spacial score (nSPS) is 12.6. The SMILES string of the molecule is CC(C)(C)CCC(CC(=O)NC(CCC(=O)NCCCCCCCC(=O)CC(CCCCNC(=O)OC(C)(C)C)C(=O)N[C@@H](CCCCNC(=O)CCCc1ccc(Br)cc1)C(=O)C(=O)OC(C)(C)C)C(C)(C)C)C(C)(C)C.O=C=O.O=C=O.O=C=O. The molecule has 1 aromatic rings. The van der Waals surface area contributed by atoms with Crippen LogP contribution < -0.4 is 26.6 Å². The Morgan fingerprint density at radius 3 is 1.48 bits per heavy atom. The van der Waals surface area contributed by atoms with Crippen molar-refractivity contribution in [2.24, 2.45) is 28.1 Å². The highest BCUT2D eigenvalue weighted by atomic mass is 79.9.